The monoisotopic (exact) mass is 197 g/mol. The van der Waals surface area contributed by atoms with E-state index in [0.717, 1.165) is 5.92 Å². The zero-order valence-electron chi connectivity index (χ0n) is 10.8. The van der Waals surface area contributed by atoms with E-state index in [2.05, 4.69) is 46.9 Å². The molecule has 1 fully saturated rings. The van der Waals surface area contributed by atoms with Gasteiger partial charge in [-0.25, -0.2) is 0 Å². The Morgan fingerprint density at radius 1 is 1.36 bits per heavy atom. The molecule has 1 saturated heterocycles. The smallest absolute Gasteiger partial charge is 0.00953 e. The van der Waals surface area contributed by atoms with Crippen molar-refractivity contribution in [3.63, 3.8) is 0 Å². The predicted molar refractivity (Wildman–Crippen MR) is 63.4 cm³/mol. The van der Waals surface area contributed by atoms with Crippen LogP contribution in [0.3, 0.4) is 0 Å². The number of hydrogen-bond acceptors (Lipinski definition) is 1. The molecule has 1 aliphatic rings. The third-order valence-corrected chi connectivity index (χ3v) is 4.48. The van der Waals surface area contributed by atoms with Gasteiger partial charge in [0.05, 0.1) is 0 Å². The number of piperidine rings is 1. The molecule has 0 amide bonds. The highest BCUT2D eigenvalue weighted by molar-refractivity contribution is 4.98. The van der Waals surface area contributed by atoms with Crippen LogP contribution < -0.4 is 5.32 Å². The standard InChI is InChI=1S/C13H27N/c1-7-13(6)10(2)14-9-8-11(13)12(3,4)5/h10-11,14H,7-9H2,1-6H3. The van der Waals surface area contributed by atoms with E-state index in [-0.39, 0.29) is 0 Å². The first-order chi connectivity index (χ1) is 6.32. The second-order valence-electron chi connectivity index (χ2n) is 6.24. The van der Waals surface area contributed by atoms with E-state index in [1.54, 1.807) is 0 Å². The molecule has 1 rings (SSSR count). The first kappa shape index (κ1) is 12.0. The summed E-state index contributed by atoms with van der Waals surface area (Å²) in [5.74, 6) is 0.844. The number of nitrogens with one attached hydrogen (secondary N) is 1. The molecule has 0 radical (unpaired) electrons. The Morgan fingerprint density at radius 3 is 2.29 bits per heavy atom. The van der Waals surface area contributed by atoms with Crippen molar-refractivity contribution in [1.29, 1.82) is 0 Å². The third-order valence-electron chi connectivity index (χ3n) is 4.48. The zero-order valence-corrected chi connectivity index (χ0v) is 10.8. The molecule has 84 valence electrons. The van der Waals surface area contributed by atoms with Gasteiger partial charge in [0.2, 0.25) is 0 Å². The quantitative estimate of drug-likeness (QED) is 0.679. The zero-order chi connectivity index (χ0) is 11.0. The van der Waals surface area contributed by atoms with Gasteiger partial charge in [-0.15, -0.1) is 0 Å². The van der Waals surface area contributed by atoms with E-state index in [0.29, 0.717) is 16.9 Å². The highest BCUT2D eigenvalue weighted by Crippen LogP contribution is 2.48. The van der Waals surface area contributed by atoms with E-state index < -0.39 is 0 Å². The second kappa shape index (κ2) is 3.84. The maximum absolute atomic E-state index is 3.63. The van der Waals surface area contributed by atoms with Gasteiger partial charge in [-0.1, -0.05) is 34.6 Å². The van der Waals surface area contributed by atoms with E-state index in [4.69, 9.17) is 0 Å². The lowest BCUT2D eigenvalue weighted by Gasteiger charge is -2.52. The lowest BCUT2D eigenvalue weighted by molar-refractivity contribution is 0.00337. The number of rotatable bonds is 1. The maximum atomic E-state index is 3.63. The molecule has 0 spiro atoms. The molecule has 0 aromatic rings. The van der Waals surface area contributed by atoms with Crippen molar-refractivity contribution in [3.8, 4) is 0 Å². The van der Waals surface area contributed by atoms with Gasteiger partial charge in [-0.05, 0) is 43.1 Å². The van der Waals surface area contributed by atoms with Crippen LogP contribution in [0.5, 0.6) is 0 Å². The Kier molecular flexibility index (Phi) is 3.30. The molecule has 3 unspecified atom stereocenters. The Labute approximate surface area is 89.7 Å². The molecular weight excluding hydrogens is 170 g/mol. The fourth-order valence-electron chi connectivity index (χ4n) is 3.28. The summed E-state index contributed by atoms with van der Waals surface area (Å²) in [7, 11) is 0. The van der Waals surface area contributed by atoms with Crippen molar-refractivity contribution in [2.45, 2.75) is 60.4 Å². The molecule has 1 N–H and O–H groups in total. The minimum atomic E-state index is 0.446. The summed E-state index contributed by atoms with van der Waals surface area (Å²) in [5, 5.41) is 3.63. The van der Waals surface area contributed by atoms with Crippen molar-refractivity contribution < 1.29 is 0 Å². The summed E-state index contributed by atoms with van der Waals surface area (Å²) in [5.41, 5.74) is 0.914. The average Bonchev–Trinajstić information content (AvgIpc) is 2.08. The molecule has 1 nitrogen and oxygen atoms in total. The van der Waals surface area contributed by atoms with Gasteiger partial charge in [-0.2, -0.15) is 0 Å². The van der Waals surface area contributed by atoms with Gasteiger partial charge in [0.1, 0.15) is 0 Å². The molecule has 0 bridgehead atoms. The van der Waals surface area contributed by atoms with Gasteiger partial charge in [0.25, 0.3) is 0 Å². The van der Waals surface area contributed by atoms with Gasteiger partial charge in [0, 0.05) is 6.04 Å². The van der Waals surface area contributed by atoms with Crippen LogP contribution in [0.25, 0.3) is 0 Å². The summed E-state index contributed by atoms with van der Waals surface area (Å²) in [4.78, 5) is 0. The minimum Gasteiger partial charge on any atom is -0.314 e. The third kappa shape index (κ3) is 1.98. The van der Waals surface area contributed by atoms with Crippen molar-refractivity contribution in [2.75, 3.05) is 6.54 Å². The number of hydrogen-bond donors (Lipinski definition) is 1. The van der Waals surface area contributed by atoms with Gasteiger partial charge in [0.15, 0.2) is 0 Å². The van der Waals surface area contributed by atoms with Crippen LogP contribution in [0.4, 0.5) is 0 Å². The Morgan fingerprint density at radius 2 is 1.93 bits per heavy atom. The summed E-state index contributed by atoms with van der Waals surface area (Å²) in [6, 6.07) is 0.658. The second-order valence-corrected chi connectivity index (χ2v) is 6.24. The maximum Gasteiger partial charge on any atom is 0.00953 e. The molecular formula is C13H27N. The minimum absolute atomic E-state index is 0.446. The van der Waals surface area contributed by atoms with Crippen molar-refractivity contribution in [1.82, 2.24) is 5.32 Å². The fraction of sp³-hybridized carbons (Fsp3) is 1.00. The van der Waals surface area contributed by atoms with Crippen LogP contribution in [0, 0.1) is 16.7 Å². The van der Waals surface area contributed by atoms with Gasteiger partial charge in [-0.3, -0.25) is 0 Å². The molecule has 0 saturated carbocycles. The molecule has 1 heteroatoms. The molecule has 0 aliphatic carbocycles. The SMILES string of the molecule is CCC1(C)C(C)NCCC1C(C)(C)C. The highest BCUT2D eigenvalue weighted by atomic mass is 14.9. The van der Waals surface area contributed by atoms with Gasteiger partial charge < -0.3 is 5.32 Å². The Hall–Kier alpha value is -0.0400. The van der Waals surface area contributed by atoms with E-state index in [9.17, 15) is 0 Å². The first-order valence-electron chi connectivity index (χ1n) is 6.05. The van der Waals surface area contributed by atoms with Crippen LogP contribution in [0.1, 0.15) is 54.4 Å². The summed E-state index contributed by atoms with van der Waals surface area (Å²) in [6.45, 7) is 15.5. The van der Waals surface area contributed by atoms with E-state index >= 15 is 0 Å². The van der Waals surface area contributed by atoms with E-state index in [1.165, 1.54) is 19.4 Å². The van der Waals surface area contributed by atoms with Crippen LogP contribution in [0.2, 0.25) is 0 Å². The van der Waals surface area contributed by atoms with E-state index in [1.807, 2.05) is 0 Å². The van der Waals surface area contributed by atoms with Crippen LogP contribution in [-0.2, 0) is 0 Å². The van der Waals surface area contributed by atoms with Gasteiger partial charge >= 0.3 is 0 Å². The molecule has 0 aromatic carbocycles. The largest absolute Gasteiger partial charge is 0.314 e. The van der Waals surface area contributed by atoms with Crippen LogP contribution >= 0.6 is 0 Å². The molecule has 1 aliphatic heterocycles. The summed E-state index contributed by atoms with van der Waals surface area (Å²) < 4.78 is 0. The van der Waals surface area contributed by atoms with Crippen molar-refractivity contribution in [2.24, 2.45) is 16.7 Å². The lowest BCUT2D eigenvalue weighted by atomic mass is 9.58. The average molecular weight is 197 g/mol. The van der Waals surface area contributed by atoms with Crippen LogP contribution in [0.15, 0.2) is 0 Å². The van der Waals surface area contributed by atoms with Crippen molar-refractivity contribution >= 4 is 0 Å². The highest BCUT2D eigenvalue weighted by Gasteiger charge is 2.45. The molecule has 14 heavy (non-hydrogen) atoms. The summed E-state index contributed by atoms with van der Waals surface area (Å²) in [6.07, 6.45) is 2.61. The Balaban J connectivity index is 2.92. The predicted octanol–water partition coefficient (Wildman–Crippen LogP) is 3.45. The summed E-state index contributed by atoms with van der Waals surface area (Å²) >= 11 is 0. The molecule has 3 atom stereocenters. The van der Waals surface area contributed by atoms with Crippen LogP contribution in [-0.4, -0.2) is 12.6 Å². The lowest BCUT2D eigenvalue weighted by Crippen LogP contribution is -2.54. The molecule has 1 heterocycles. The van der Waals surface area contributed by atoms with Crippen molar-refractivity contribution in [3.05, 3.63) is 0 Å². The molecule has 0 aromatic heterocycles. The fourth-order valence-corrected chi connectivity index (χ4v) is 3.28. The normalized spacial score (nSPS) is 39.9. The topological polar surface area (TPSA) is 12.0 Å². The Bertz CT molecular complexity index is 192. The first-order valence-corrected chi connectivity index (χ1v) is 6.05.